The zero-order chi connectivity index (χ0) is 20.1. The third kappa shape index (κ3) is 5.15. The number of nitrogens with zero attached hydrogens (tertiary/aromatic N) is 1. The second kappa shape index (κ2) is 8.95. The molecule has 0 aliphatic heterocycles. The lowest BCUT2D eigenvalue weighted by Gasteiger charge is -2.09. The molecule has 0 saturated heterocycles. The molecule has 0 bridgehead atoms. The van der Waals surface area contributed by atoms with Crippen molar-refractivity contribution in [3.63, 3.8) is 0 Å². The Morgan fingerprint density at radius 3 is 2.64 bits per heavy atom. The predicted octanol–water partition coefficient (Wildman–Crippen LogP) is 5.07. The number of halogens is 2. The van der Waals surface area contributed by atoms with E-state index in [0.29, 0.717) is 33.5 Å². The van der Waals surface area contributed by atoms with Crippen molar-refractivity contribution in [2.24, 2.45) is 0 Å². The molecule has 3 rings (SSSR count). The Hall–Kier alpha value is -2.77. The second-order valence-electron chi connectivity index (χ2n) is 6.07. The number of amides is 2. The number of carbonyl (C=O) groups is 2. The summed E-state index contributed by atoms with van der Waals surface area (Å²) in [6, 6.07) is 10.6. The number of thiazole rings is 1. The lowest BCUT2D eigenvalue weighted by Crippen LogP contribution is -2.13. The van der Waals surface area contributed by atoms with Crippen LogP contribution in [-0.2, 0) is 11.2 Å². The van der Waals surface area contributed by atoms with E-state index in [0.717, 1.165) is 5.56 Å². The van der Waals surface area contributed by atoms with Crippen molar-refractivity contribution in [1.29, 1.82) is 0 Å². The Kier molecular flexibility index (Phi) is 6.38. The zero-order valence-electron chi connectivity index (χ0n) is 15.0. The van der Waals surface area contributed by atoms with Gasteiger partial charge in [-0.3, -0.25) is 14.9 Å². The lowest BCUT2D eigenvalue weighted by atomic mass is 10.2. The molecule has 28 heavy (non-hydrogen) atoms. The quantitative estimate of drug-likeness (QED) is 0.588. The van der Waals surface area contributed by atoms with Gasteiger partial charge in [0.15, 0.2) is 5.13 Å². The van der Waals surface area contributed by atoms with Crippen LogP contribution in [-0.4, -0.2) is 16.8 Å². The Bertz CT molecular complexity index is 1000. The predicted molar refractivity (Wildman–Crippen MR) is 110 cm³/mol. The minimum atomic E-state index is -0.403. The van der Waals surface area contributed by atoms with E-state index in [1.807, 2.05) is 6.92 Å². The normalized spacial score (nSPS) is 10.5. The molecule has 5 nitrogen and oxygen atoms in total. The van der Waals surface area contributed by atoms with Crippen LogP contribution in [0.25, 0.3) is 0 Å². The van der Waals surface area contributed by atoms with E-state index in [1.54, 1.807) is 23.6 Å². The van der Waals surface area contributed by atoms with E-state index >= 15 is 0 Å². The summed E-state index contributed by atoms with van der Waals surface area (Å²) in [5, 5.41) is 8.32. The molecule has 0 saturated carbocycles. The van der Waals surface area contributed by atoms with Crippen LogP contribution in [0.2, 0.25) is 5.02 Å². The highest BCUT2D eigenvalue weighted by Crippen LogP contribution is 2.23. The number of nitrogens with one attached hydrogen (secondary N) is 2. The smallest absolute Gasteiger partial charge is 0.257 e. The molecule has 0 spiro atoms. The highest BCUT2D eigenvalue weighted by atomic mass is 35.5. The van der Waals surface area contributed by atoms with Crippen LogP contribution in [0.1, 0.15) is 28.0 Å². The van der Waals surface area contributed by atoms with Gasteiger partial charge < -0.3 is 5.32 Å². The van der Waals surface area contributed by atoms with Gasteiger partial charge in [-0.05, 0) is 55.3 Å². The van der Waals surface area contributed by atoms with E-state index in [9.17, 15) is 14.0 Å². The monoisotopic (exact) mass is 417 g/mol. The number of benzene rings is 2. The summed E-state index contributed by atoms with van der Waals surface area (Å²) in [6.45, 7) is 1.84. The van der Waals surface area contributed by atoms with Gasteiger partial charge >= 0.3 is 0 Å². The Morgan fingerprint density at radius 1 is 1.14 bits per heavy atom. The van der Waals surface area contributed by atoms with Crippen molar-refractivity contribution in [3.8, 4) is 0 Å². The van der Waals surface area contributed by atoms with E-state index < -0.39 is 5.82 Å². The minimum absolute atomic E-state index is 0.143. The number of hydrogen-bond donors (Lipinski definition) is 2. The second-order valence-corrected chi connectivity index (χ2v) is 7.33. The summed E-state index contributed by atoms with van der Waals surface area (Å²) >= 11 is 7.32. The van der Waals surface area contributed by atoms with E-state index in [1.165, 1.54) is 35.6 Å². The summed E-state index contributed by atoms with van der Waals surface area (Å²) in [4.78, 5) is 28.6. The molecular formula is C20H17ClFN3O2S. The first kappa shape index (κ1) is 20.0. The Balaban J connectivity index is 1.53. The molecule has 0 radical (unpaired) electrons. The summed E-state index contributed by atoms with van der Waals surface area (Å²) in [6.07, 6.45) is 0.690. The molecule has 0 unspecified atom stereocenters. The summed E-state index contributed by atoms with van der Waals surface area (Å²) < 4.78 is 12.9. The molecule has 2 N–H and O–H groups in total. The molecule has 2 amide bonds. The summed E-state index contributed by atoms with van der Waals surface area (Å²) in [5.41, 5.74) is 2.55. The van der Waals surface area contributed by atoms with Crippen molar-refractivity contribution in [2.75, 3.05) is 10.6 Å². The molecule has 1 aromatic heterocycles. The number of aromatic nitrogens is 1. The fraction of sp³-hybridized carbons (Fsp3) is 0.150. The van der Waals surface area contributed by atoms with Gasteiger partial charge in [-0.15, -0.1) is 11.3 Å². The molecule has 144 valence electrons. The Labute approximate surface area is 170 Å². The van der Waals surface area contributed by atoms with E-state index in [2.05, 4.69) is 15.6 Å². The lowest BCUT2D eigenvalue weighted by molar-refractivity contribution is -0.116. The van der Waals surface area contributed by atoms with Gasteiger partial charge in [0, 0.05) is 28.1 Å². The molecule has 0 aliphatic rings. The maximum atomic E-state index is 12.9. The standard InChI is InChI=1S/C20H17ClFN3O2S/c1-12-16(21)3-2-4-17(12)24-18(26)10-9-15-11-28-20(23-15)25-19(27)13-5-7-14(22)8-6-13/h2-8,11H,9-10H2,1H3,(H,24,26)(H,23,25,27). The van der Waals surface area contributed by atoms with Crippen LogP contribution in [0.5, 0.6) is 0 Å². The molecular weight excluding hydrogens is 401 g/mol. The van der Waals surface area contributed by atoms with Crippen LogP contribution in [0.4, 0.5) is 15.2 Å². The summed E-state index contributed by atoms with van der Waals surface area (Å²) in [5.74, 6) is -0.912. The first-order chi connectivity index (χ1) is 13.4. The van der Waals surface area contributed by atoms with E-state index in [4.69, 9.17) is 11.6 Å². The fourth-order valence-electron chi connectivity index (χ4n) is 2.45. The van der Waals surface area contributed by atoms with Gasteiger partial charge in [0.1, 0.15) is 5.82 Å². The average Bonchev–Trinajstić information content (AvgIpc) is 3.11. The topological polar surface area (TPSA) is 71.1 Å². The van der Waals surface area contributed by atoms with Crippen molar-refractivity contribution in [3.05, 3.63) is 75.5 Å². The van der Waals surface area contributed by atoms with Crippen LogP contribution in [0, 0.1) is 12.7 Å². The third-order valence-electron chi connectivity index (χ3n) is 4.03. The Morgan fingerprint density at radius 2 is 1.89 bits per heavy atom. The number of carbonyl (C=O) groups excluding carboxylic acids is 2. The number of aryl methyl sites for hydroxylation is 1. The van der Waals surface area contributed by atoms with Gasteiger partial charge in [0.2, 0.25) is 5.91 Å². The molecule has 1 heterocycles. The maximum absolute atomic E-state index is 12.9. The van der Waals surface area contributed by atoms with Crippen LogP contribution >= 0.6 is 22.9 Å². The van der Waals surface area contributed by atoms with Crippen LogP contribution in [0.3, 0.4) is 0 Å². The summed E-state index contributed by atoms with van der Waals surface area (Å²) in [7, 11) is 0. The number of hydrogen-bond acceptors (Lipinski definition) is 4. The third-order valence-corrected chi connectivity index (χ3v) is 5.24. The highest BCUT2D eigenvalue weighted by Gasteiger charge is 2.11. The first-order valence-corrected chi connectivity index (χ1v) is 9.74. The average molecular weight is 418 g/mol. The van der Waals surface area contributed by atoms with Gasteiger partial charge in [-0.1, -0.05) is 17.7 Å². The molecule has 0 atom stereocenters. The number of anilines is 2. The number of rotatable bonds is 6. The largest absolute Gasteiger partial charge is 0.326 e. The molecule has 8 heteroatoms. The molecule has 0 fully saturated rings. The fourth-order valence-corrected chi connectivity index (χ4v) is 3.36. The van der Waals surface area contributed by atoms with Crippen molar-refractivity contribution in [1.82, 2.24) is 4.98 Å². The van der Waals surface area contributed by atoms with Gasteiger partial charge in [0.25, 0.3) is 5.91 Å². The van der Waals surface area contributed by atoms with Crippen molar-refractivity contribution in [2.45, 2.75) is 19.8 Å². The van der Waals surface area contributed by atoms with Crippen molar-refractivity contribution < 1.29 is 14.0 Å². The SMILES string of the molecule is Cc1c(Cl)cccc1NC(=O)CCc1csc(NC(=O)c2ccc(F)cc2)n1. The maximum Gasteiger partial charge on any atom is 0.257 e. The van der Waals surface area contributed by atoms with Crippen LogP contribution < -0.4 is 10.6 Å². The van der Waals surface area contributed by atoms with Gasteiger partial charge in [0.05, 0.1) is 5.69 Å². The highest BCUT2D eigenvalue weighted by molar-refractivity contribution is 7.14. The zero-order valence-corrected chi connectivity index (χ0v) is 16.5. The van der Waals surface area contributed by atoms with E-state index in [-0.39, 0.29) is 18.2 Å². The van der Waals surface area contributed by atoms with Gasteiger partial charge in [-0.2, -0.15) is 0 Å². The minimum Gasteiger partial charge on any atom is -0.326 e. The molecule has 3 aromatic rings. The van der Waals surface area contributed by atoms with Crippen LogP contribution in [0.15, 0.2) is 47.8 Å². The van der Waals surface area contributed by atoms with Crippen molar-refractivity contribution >= 4 is 45.6 Å². The first-order valence-electron chi connectivity index (χ1n) is 8.48. The molecule has 0 aliphatic carbocycles. The molecule has 2 aromatic carbocycles. The van der Waals surface area contributed by atoms with Gasteiger partial charge in [-0.25, -0.2) is 9.37 Å².